The maximum absolute atomic E-state index is 12.1. The van der Waals surface area contributed by atoms with Crippen molar-refractivity contribution in [1.82, 2.24) is 4.72 Å². The molecule has 2 aromatic carbocycles. The Balaban J connectivity index is 1.81. The van der Waals surface area contributed by atoms with Crippen LogP contribution < -0.4 is 4.72 Å². The molecule has 0 aromatic heterocycles. The van der Waals surface area contributed by atoms with Gasteiger partial charge in [-0.05, 0) is 24.3 Å². The third-order valence-electron chi connectivity index (χ3n) is 3.07. The molecule has 0 aliphatic rings. The van der Waals surface area contributed by atoms with E-state index in [1.54, 1.807) is 30.3 Å². The first-order chi connectivity index (χ1) is 11.4. The number of carbonyl (C=O) groups is 1. The molecular weight excluding hydrogens is 373 g/mol. The quantitative estimate of drug-likeness (QED) is 0.738. The van der Waals surface area contributed by atoms with Gasteiger partial charge in [-0.1, -0.05) is 47.5 Å². The molecule has 0 saturated heterocycles. The minimum Gasteiger partial charge on any atom is -0.461 e. The zero-order chi connectivity index (χ0) is 17.6. The summed E-state index contributed by atoms with van der Waals surface area (Å²) in [6.45, 7) is -0.0320. The zero-order valence-electron chi connectivity index (χ0n) is 12.5. The predicted molar refractivity (Wildman–Crippen MR) is 92.5 cm³/mol. The second kappa shape index (κ2) is 8.48. The van der Waals surface area contributed by atoms with Crippen LogP contribution >= 0.6 is 23.2 Å². The van der Waals surface area contributed by atoms with Crippen molar-refractivity contribution in [3.63, 3.8) is 0 Å². The number of nitrogens with one attached hydrogen (secondary N) is 1. The smallest absolute Gasteiger partial charge is 0.307 e. The molecule has 8 heteroatoms. The average Bonchev–Trinajstić information content (AvgIpc) is 2.54. The van der Waals surface area contributed by atoms with Crippen LogP contribution in [-0.4, -0.2) is 20.9 Å². The van der Waals surface area contributed by atoms with Crippen LogP contribution in [0.3, 0.4) is 0 Å². The van der Waals surface area contributed by atoms with E-state index in [0.29, 0.717) is 15.6 Å². The monoisotopic (exact) mass is 387 g/mol. The SMILES string of the molecule is O=C(CCNS(=O)(=O)c1cccc(Cl)c1)OCc1ccccc1Cl. The fraction of sp³-hybridized carbons (Fsp3) is 0.188. The van der Waals surface area contributed by atoms with E-state index in [0.717, 1.165) is 0 Å². The van der Waals surface area contributed by atoms with E-state index in [-0.39, 0.29) is 24.5 Å². The van der Waals surface area contributed by atoms with Crippen LogP contribution in [0.25, 0.3) is 0 Å². The molecule has 0 fully saturated rings. The molecule has 0 radical (unpaired) electrons. The number of rotatable bonds is 7. The Hall–Kier alpha value is -1.60. The number of hydrogen-bond donors (Lipinski definition) is 1. The Labute approximate surface area is 150 Å². The van der Waals surface area contributed by atoms with Crippen LogP contribution in [0.15, 0.2) is 53.4 Å². The highest BCUT2D eigenvalue weighted by molar-refractivity contribution is 7.89. The van der Waals surface area contributed by atoms with Gasteiger partial charge in [0, 0.05) is 22.2 Å². The molecule has 0 bridgehead atoms. The molecule has 0 heterocycles. The number of halogens is 2. The molecule has 0 saturated carbocycles. The highest BCUT2D eigenvalue weighted by Gasteiger charge is 2.15. The summed E-state index contributed by atoms with van der Waals surface area (Å²) in [5.41, 5.74) is 0.687. The minimum atomic E-state index is -3.72. The van der Waals surface area contributed by atoms with Crippen LogP contribution in [0, 0.1) is 0 Å². The van der Waals surface area contributed by atoms with E-state index < -0.39 is 16.0 Å². The van der Waals surface area contributed by atoms with Gasteiger partial charge in [-0.3, -0.25) is 4.79 Å². The maximum Gasteiger partial charge on any atom is 0.307 e. The van der Waals surface area contributed by atoms with Crippen LogP contribution in [0.2, 0.25) is 10.0 Å². The van der Waals surface area contributed by atoms with Gasteiger partial charge in [0.1, 0.15) is 6.61 Å². The summed E-state index contributed by atoms with van der Waals surface area (Å²) in [4.78, 5) is 11.7. The summed E-state index contributed by atoms with van der Waals surface area (Å²) in [5, 5.41) is 0.823. The average molecular weight is 388 g/mol. The molecule has 0 spiro atoms. The van der Waals surface area contributed by atoms with Gasteiger partial charge >= 0.3 is 5.97 Å². The van der Waals surface area contributed by atoms with Crippen molar-refractivity contribution in [3.05, 3.63) is 64.1 Å². The second-order valence-corrected chi connectivity index (χ2v) is 7.47. The van der Waals surface area contributed by atoms with E-state index in [1.807, 2.05) is 0 Å². The molecule has 0 aliphatic carbocycles. The van der Waals surface area contributed by atoms with Crippen LogP contribution in [0.5, 0.6) is 0 Å². The number of hydrogen-bond acceptors (Lipinski definition) is 4. The van der Waals surface area contributed by atoms with Gasteiger partial charge < -0.3 is 4.74 Å². The Bertz CT molecular complexity index is 824. The first-order valence-electron chi connectivity index (χ1n) is 7.03. The summed E-state index contributed by atoms with van der Waals surface area (Å²) in [7, 11) is -3.72. The molecule has 2 aromatic rings. The van der Waals surface area contributed by atoms with Crippen molar-refractivity contribution in [2.24, 2.45) is 0 Å². The number of ether oxygens (including phenoxy) is 1. The topological polar surface area (TPSA) is 72.5 Å². The summed E-state index contributed by atoms with van der Waals surface area (Å²) in [6, 6.07) is 12.9. The van der Waals surface area contributed by atoms with Crippen molar-refractivity contribution in [3.8, 4) is 0 Å². The van der Waals surface area contributed by atoms with Crippen molar-refractivity contribution in [2.75, 3.05) is 6.54 Å². The number of esters is 1. The highest BCUT2D eigenvalue weighted by atomic mass is 35.5. The molecule has 128 valence electrons. The van der Waals surface area contributed by atoms with Crippen molar-refractivity contribution in [1.29, 1.82) is 0 Å². The number of carbonyl (C=O) groups excluding carboxylic acids is 1. The predicted octanol–water partition coefficient (Wildman–Crippen LogP) is 3.41. The van der Waals surface area contributed by atoms with Gasteiger partial charge in [-0.15, -0.1) is 0 Å². The van der Waals surface area contributed by atoms with Crippen molar-refractivity contribution >= 4 is 39.2 Å². The van der Waals surface area contributed by atoms with Crippen LogP contribution in [0.4, 0.5) is 0 Å². The lowest BCUT2D eigenvalue weighted by atomic mass is 10.2. The lowest BCUT2D eigenvalue weighted by molar-refractivity contribution is -0.144. The first-order valence-corrected chi connectivity index (χ1v) is 9.26. The van der Waals surface area contributed by atoms with Gasteiger partial charge in [0.25, 0.3) is 0 Å². The Morgan fingerprint density at radius 1 is 1.08 bits per heavy atom. The molecule has 24 heavy (non-hydrogen) atoms. The lowest BCUT2D eigenvalue weighted by Gasteiger charge is -2.08. The lowest BCUT2D eigenvalue weighted by Crippen LogP contribution is -2.26. The van der Waals surface area contributed by atoms with Crippen LogP contribution in [0.1, 0.15) is 12.0 Å². The van der Waals surface area contributed by atoms with Gasteiger partial charge in [0.2, 0.25) is 10.0 Å². The molecule has 0 amide bonds. The highest BCUT2D eigenvalue weighted by Crippen LogP contribution is 2.16. The fourth-order valence-electron chi connectivity index (χ4n) is 1.85. The fourth-order valence-corrected chi connectivity index (χ4v) is 3.37. The number of benzene rings is 2. The standard InChI is InChI=1S/C16H15Cl2NO4S/c17-13-5-3-6-14(10-13)24(21,22)19-9-8-16(20)23-11-12-4-1-2-7-15(12)18/h1-7,10,19H,8-9,11H2. The molecule has 1 N–H and O–H groups in total. The van der Waals surface area contributed by atoms with Crippen molar-refractivity contribution < 1.29 is 17.9 Å². The largest absolute Gasteiger partial charge is 0.461 e. The van der Waals surface area contributed by atoms with Crippen molar-refractivity contribution in [2.45, 2.75) is 17.9 Å². The summed E-state index contributed by atoms with van der Waals surface area (Å²) in [5.74, 6) is -0.524. The summed E-state index contributed by atoms with van der Waals surface area (Å²) in [6.07, 6.45) is -0.0930. The first kappa shape index (κ1) is 18.7. The van der Waals surface area contributed by atoms with E-state index in [9.17, 15) is 13.2 Å². The molecule has 5 nitrogen and oxygen atoms in total. The molecule has 0 aliphatic heterocycles. The van der Waals surface area contributed by atoms with E-state index in [1.165, 1.54) is 18.2 Å². The minimum absolute atomic E-state index is 0.0411. The van der Waals surface area contributed by atoms with E-state index in [4.69, 9.17) is 27.9 Å². The Morgan fingerprint density at radius 3 is 2.54 bits per heavy atom. The molecular formula is C16H15Cl2NO4S. The summed E-state index contributed by atoms with van der Waals surface area (Å²) < 4.78 is 31.5. The molecule has 2 rings (SSSR count). The third-order valence-corrected chi connectivity index (χ3v) is 5.14. The van der Waals surface area contributed by atoms with E-state index in [2.05, 4.69) is 4.72 Å². The molecule has 0 atom stereocenters. The number of sulfonamides is 1. The Morgan fingerprint density at radius 2 is 1.83 bits per heavy atom. The van der Waals surface area contributed by atoms with Crippen LogP contribution in [-0.2, 0) is 26.2 Å². The van der Waals surface area contributed by atoms with Gasteiger partial charge in [0.15, 0.2) is 0 Å². The van der Waals surface area contributed by atoms with Gasteiger partial charge in [0.05, 0.1) is 11.3 Å². The van der Waals surface area contributed by atoms with Gasteiger partial charge in [-0.25, -0.2) is 13.1 Å². The molecule has 0 unspecified atom stereocenters. The third kappa shape index (κ3) is 5.49. The van der Waals surface area contributed by atoms with Gasteiger partial charge in [-0.2, -0.15) is 0 Å². The van der Waals surface area contributed by atoms with E-state index >= 15 is 0 Å². The Kier molecular flexibility index (Phi) is 6.62. The summed E-state index contributed by atoms with van der Waals surface area (Å²) >= 11 is 11.7. The second-order valence-electron chi connectivity index (χ2n) is 4.86. The normalized spacial score (nSPS) is 11.2. The zero-order valence-corrected chi connectivity index (χ0v) is 14.9. The maximum atomic E-state index is 12.1.